The summed E-state index contributed by atoms with van der Waals surface area (Å²) in [6.45, 7) is 0. The van der Waals surface area contributed by atoms with Crippen LogP contribution in [0.3, 0.4) is 0 Å². The van der Waals surface area contributed by atoms with Crippen molar-refractivity contribution < 1.29 is 12.8 Å². The molecule has 0 fully saturated rings. The van der Waals surface area contributed by atoms with Crippen molar-refractivity contribution in [2.24, 2.45) is 0 Å². The van der Waals surface area contributed by atoms with Crippen LogP contribution in [0, 0.1) is 5.82 Å². The molecule has 0 bridgehead atoms. The van der Waals surface area contributed by atoms with Gasteiger partial charge in [-0.2, -0.15) is 0 Å². The first-order valence-corrected chi connectivity index (χ1v) is 7.58. The van der Waals surface area contributed by atoms with Crippen LogP contribution in [0.2, 0.25) is 0 Å². The average Bonchev–Trinajstić information content (AvgIpc) is 2.46. The van der Waals surface area contributed by atoms with E-state index >= 15 is 0 Å². The SMILES string of the molecule is O=S(=O)(C=Cc1ccccc1)C=Cc1ccc(F)cc1. The largest absolute Gasteiger partial charge is 0.220 e. The fourth-order valence-corrected chi connectivity index (χ4v) is 2.31. The quantitative estimate of drug-likeness (QED) is 0.855. The third-order valence-corrected chi connectivity index (χ3v) is 3.60. The Hall–Kier alpha value is -2.20. The van der Waals surface area contributed by atoms with Gasteiger partial charge in [0.25, 0.3) is 0 Å². The fraction of sp³-hybridized carbons (Fsp3) is 0. The van der Waals surface area contributed by atoms with E-state index in [0.717, 1.165) is 16.4 Å². The fourth-order valence-electron chi connectivity index (χ4n) is 1.53. The molecule has 102 valence electrons. The lowest BCUT2D eigenvalue weighted by molar-refractivity contribution is 0.613. The van der Waals surface area contributed by atoms with E-state index in [1.54, 1.807) is 0 Å². The van der Waals surface area contributed by atoms with Gasteiger partial charge in [-0.3, -0.25) is 0 Å². The second-order valence-electron chi connectivity index (χ2n) is 4.16. The molecular formula is C16H13FO2S. The van der Waals surface area contributed by atoms with Gasteiger partial charge in [-0.15, -0.1) is 0 Å². The van der Waals surface area contributed by atoms with Gasteiger partial charge >= 0.3 is 0 Å². The maximum atomic E-state index is 12.7. The summed E-state index contributed by atoms with van der Waals surface area (Å²) in [5, 5.41) is 2.24. The van der Waals surface area contributed by atoms with Gasteiger partial charge in [-0.25, -0.2) is 12.8 Å². The molecule has 20 heavy (non-hydrogen) atoms. The first-order chi connectivity index (χ1) is 9.55. The Morgan fingerprint density at radius 1 is 0.750 bits per heavy atom. The van der Waals surface area contributed by atoms with Crippen LogP contribution in [0.1, 0.15) is 11.1 Å². The van der Waals surface area contributed by atoms with E-state index in [1.807, 2.05) is 30.3 Å². The zero-order chi connectivity index (χ0) is 14.4. The molecule has 0 aliphatic carbocycles. The molecule has 0 unspecified atom stereocenters. The Morgan fingerprint density at radius 3 is 1.80 bits per heavy atom. The van der Waals surface area contributed by atoms with E-state index in [9.17, 15) is 12.8 Å². The predicted molar refractivity (Wildman–Crippen MR) is 79.8 cm³/mol. The van der Waals surface area contributed by atoms with Gasteiger partial charge < -0.3 is 0 Å². The summed E-state index contributed by atoms with van der Waals surface area (Å²) in [7, 11) is -3.44. The van der Waals surface area contributed by atoms with Gasteiger partial charge in [0, 0.05) is 10.8 Å². The van der Waals surface area contributed by atoms with Crippen LogP contribution in [-0.4, -0.2) is 8.42 Å². The molecule has 0 aromatic heterocycles. The van der Waals surface area contributed by atoms with E-state index in [4.69, 9.17) is 0 Å². The molecule has 0 saturated heterocycles. The Kier molecular flexibility index (Phi) is 4.48. The molecule has 0 amide bonds. The molecule has 2 aromatic rings. The van der Waals surface area contributed by atoms with Gasteiger partial charge in [0.15, 0.2) is 9.84 Å². The van der Waals surface area contributed by atoms with Crippen molar-refractivity contribution in [2.75, 3.05) is 0 Å². The summed E-state index contributed by atoms with van der Waals surface area (Å²) >= 11 is 0. The Morgan fingerprint density at radius 2 is 1.25 bits per heavy atom. The molecule has 0 aliphatic heterocycles. The van der Waals surface area contributed by atoms with Gasteiger partial charge in [0.2, 0.25) is 0 Å². The van der Waals surface area contributed by atoms with Crippen LogP contribution in [0.25, 0.3) is 12.2 Å². The van der Waals surface area contributed by atoms with Crippen LogP contribution >= 0.6 is 0 Å². The molecule has 4 heteroatoms. The van der Waals surface area contributed by atoms with E-state index in [0.29, 0.717) is 5.56 Å². The lowest BCUT2D eigenvalue weighted by Gasteiger charge is -1.94. The standard InChI is InChI=1S/C16H13FO2S/c17-16-8-6-15(7-9-16)11-13-20(18,19)12-10-14-4-2-1-3-5-14/h1-13H. The van der Waals surface area contributed by atoms with Crippen LogP contribution in [0.15, 0.2) is 65.4 Å². The summed E-state index contributed by atoms with van der Waals surface area (Å²) in [4.78, 5) is 0. The van der Waals surface area contributed by atoms with Crippen LogP contribution in [0.4, 0.5) is 4.39 Å². The van der Waals surface area contributed by atoms with Crippen LogP contribution in [-0.2, 0) is 9.84 Å². The summed E-state index contributed by atoms with van der Waals surface area (Å²) in [6.07, 6.45) is 2.97. The van der Waals surface area contributed by atoms with Gasteiger partial charge in [0.05, 0.1) is 0 Å². The van der Waals surface area contributed by atoms with E-state index in [-0.39, 0.29) is 5.82 Å². The van der Waals surface area contributed by atoms with Crippen LogP contribution in [0.5, 0.6) is 0 Å². The summed E-state index contributed by atoms with van der Waals surface area (Å²) < 4.78 is 36.3. The highest BCUT2D eigenvalue weighted by Crippen LogP contribution is 2.09. The Labute approximate surface area is 117 Å². The molecule has 2 aromatic carbocycles. The number of rotatable bonds is 4. The van der Waals surface area contributed by atoms with Crippen LogP contribution < -0.4 is 0 Å². The number of hydrogen-bond acceptors (Lipinski definition) is 2. The van der Waals surface area contributed by atoms with Crippen molar-refractivity contribution >= 4 is 22.0 Å². The second kappa shape index (κ2) is 6.30. The summed E-state index contributed by atoms with van der Waals surface area (Å²) in [5.74, 6) is -0.353. The van der Waals surface area contributed by atoms with Crippen molar-refractivity contribution in [1.82, 2.24) is 0 Å². The average molecular weight is 288 g/mol. The molecule has 0 spiro atoms. The first-order valence-electron chi connectivity index (χ1n) is 5.97. The Balaban J connectivity index is 2.11. The van der Waals surface area contributed by atoms with E-state index < -0.39 is 9.84 Å². The molecule has 0 saturated carbocycles. The third kappa shape index (κ3) is 4.48. The summed E-state index contributed by atoms with van der Waals surface area (Å²) in [6, 6.07) is 14.8. The molecule has 0 radical (unpaired) electrons. The van der Waals surface area contributed by atoms with Gasteiger partial charge in [-0.1, -0.05) is 42.5 Å². The number of hydrogen-bond donors (Lipinski definition) is 0. The maximum Gasteiger partial charge on any atom is 0.193 e. The van der Waals surface area contributed by atoms with Crippen molar-refractivity contribution in [3.05, 3.63) is 82.4 Å². The minimum Gasteiger partial charge on any atom is -0.220 e. The van der Waals surface area contributed by atoms with E-state index in [1.165, 1.54) is 36.4 Å². The number of halogens is 1. The Bertz CT molecular complexity index is 715. The zero-order valence-corrected chi connectivity index (χ0v) is 11.4. The minimum absolute atomic E-state index is 0.353. The normalized spacial score (nSPS) is 12.2. The number of benzene rings is 2. The highest BCUT2D eigenvalue weighted by atomic mass is 32.2. The van der Waals surface area contributed by atoms with Crippen molar-refractivity contribution in [3.63, 3.8) is 0 Å². The third-order valence-electron chi connectivity index (χ3n) is 2.57. The molecule has 0 aliphatic rings. The monoisotopic (exact) mass is 288 g/mol. The topological polar surface area (TPSA) is 34.1 Å². The van der Waals surface area contributed by atoms with Crippen molar-refractivity contribution in [1.29, 1.82) is 0 Å². The van der Waals surface area contributed by atoms with Gasteiger partial charge in [0.1, 0.15) is 5.82 Å². The lowest BCUT2D eigenvalue weighted by Crippen LogP contribution is -1.88. The van der Waals surface area contributed by atoms with Crippen molar-refractivity contribution in [3.8, 4) is 0 Å². The lowest BCUT2D eigenvalue weighted by atomic mass is 10.2. The minimum atomic E-state index is -3.44. The smallest absolute Gasteiger partial charge is 0.193 e. The second-order valence-corrected chi connectivity index (χ2v) is 5.88. The zero-order valence-electron chi connectivity index (χ0n) is 10.6. The summed E-state index contributed by atoms with van der Waals surface area (Å²) in [5.41, 5.74) is 1.44. The highest BCUT2D eigenvalue weighted by Gasteiger charge is 1.99. The molecular weight excluding hydrogens is 275 g/mol. The molecule has 0 heterocycles. The molecule has 2 nitrogen and oxygen atoms in total. The van der Waals surface area contributed by atoms with Gasteiger partial charge in [-0.05, 0) is 35.4 Å². The predicted octanol–water partition coefficient (Wildman–Crippen LogP) is 3.88. The molecule has 0 N–H and O–H groups in total. The molecule has 0 atom stereocenters. The van der Waals surface area contributed by atoms with E-state index in [2.05, 4.69) is 0 Å². The highest BCUT2D eigenvalue weighted by molar-refractivity contribution is 7.97. The number of sulfone groups is 1. The first kappa shape index (κ1) is 14.2. The molecule has 2 rings (SSSR count). The maximum absolute atomic E-state index is 12.7. The van der Waals surface area contributed by atoms with Crippen molar-refractivity contribution in [2.45, 2.75) is 0 Å².